The van der Waals surface area contributed by atoms with E-state index in [1.807, 2.05) is 6.92 Å². The number of anilines is 1. The Hall–Kier alpha value is -2.97. The molecule has 0 amide bonds. The molecular formula is C25H33F3N4O5SSi. The molecule has 214 valence electrons. The molecule has 0 aliphatic rings. The summed E-state index contributed by atoms with van der Waals surface area (Å²) in [6.07, 6.45) is -4.30. The van der Waals surface area contributed by atoms with Gasteiger partial charge < -0.3 is 19.3 Å². The smallest absolute Gasteiger partial charge is 0.416 e. The SMILES string of the molecule is CC(C)[Si](O[C@@H](C)c1nnc(-c2ncc(S(=O)(=O)c3ccc(OC(F)(F)F)cc3)cc2N)o1)(C(C)C)C(C)C. The molecule has 0 radical (unpaired) electrons. The number of benzene rings is 1. The van der Waals surface area contributed by atoms with Crippen LogP contribution in [0, 0.1) is 0 Å². The summed E-state index contributed by atoms with van der Waals surface area (Å²) >= 11 is 0. The van der Waals surface area contributed by atoms with Crippen molar-refractivity contribution in [2.75, 3.05) is 5.73 Å². The number of nitrogen functional groups attached to an aromatic ring is 1. The Balaban J connectivity index is 1.85. The molecule has 1 atom stereocenters. The number of nitrogens with two attached hydrogens (primary N) is 1. The van der Waals surface area contributed by atoms with E-state index in [1.54, 1.807) is 0 Å². The van der Waals surface area contributed by atoms with E-state index in [4.69, 9.17) is 14.6 Å². The first kappa shape index (κ1) is 30.6. The molecule has 2 aromatic heterocycles. The fraction of sp³-hybridized carbons (Fsp3) is 0.480. The van der Waals surface area contributed by atoms with E-state index in [1.165, 1.54) is 6.07 Å². The van der Waals surface area contributed by atoms with Crippen LogP contribution in [0.25, 0.3) is 11.6 Å². The monoisotopic (exact) mass is 586 g/mol. The average Bonchev–Trinajstić information content (AvgIpc) is 3.31. The van der Waals surface area contributed by atoms with E-state index in [2.05, 4.69) is 61.5 Å². The van der Waals surface area contributed by atoms with Crippen molar-refractivity contribution in [1.29, 1.82) is 0 Å². The van der Waals surface area contributed by atoms with Gasteiger partial charge in [0, 0.05) is 6.20 Å². The average molecular weight is 587 g/mol. The number of halogens is 3. The minimum atomic E-state index is -4.89. The van der Waals surface area contributed by atoms with Gasteiger partial charge in [-0.15, -0.1) is 23.4 Å². The largest absolute Gasteiger partial charge is 0.573 e. The first-order chi connectivity index (χ1) is 18.0. The standard InChI is InChI=1S/C25H33F3N4O5SSi/c1-14(2)39(15(3)4,16(5)6)37-17(7)23-31-32-24(35-23)22-21(29)12-20(13-30-22)38(33,34)19-10-8-18(9-11-19)36-25(26,27)28/h8-17H,29H2,1-7H3/t17-/m0/s1. The third-order valence-corrected chi connectivity index (χ3v) is 14.6. The van der Waals surface area contributed by atoms with Gasteiger partial charge in [0.15, 0.2) is 5.69 Å². The van der Waals surface area contributed by atoms with Gasteiger partial charge in [0.25, 0.3) is 5.89 Å². The molecule has 0 saturated heterocycles. The molecule has 0 bridgehead atoms. The van der Waals surface area contributed by atoms with Crippen molar-refractivity contribution in [3.63, 3.8) is 0 Å². The molecule has 9 nitrogen and oxygen atoms in total. The maximum Gasteiger partial charge on any atom is 0.573 e. The zero-order valence-electron chi connectivity index (χ0n) is 22.8. The molecule has 3 rings (SSSR count). The number of sulfone groups is 1. The second-order valence-electron chi connectivity index (χ2n) is 10.2. The highest BCUT2D eigenvalue weighted by atomic mass is 32.2. The molecule has 2 heterocycles. The van der Waals surface area contributed by atoms with Crippen LogP contribution < -0.4 is 10.5 Å². The number of alkyl halides is 3. The summed E-state index contributed by atoms with van der Waals surface area (Å²) in [5.74, 6) is -0.292. The van der Waals surface area contributed by atoms with E-state index in [-0.39, 0.29) is 33.0 Å². The van der Waals surface area contributed by atoms with Crippen molar-refractivity contribution in [3.05, 3.63) is 42.4 Å². The zero-order valence-corrected chi connectivity index (χ0v) is 24.6. The van der Waals surface area contributed by atoms with E-state index in [9.17, 15) is 21.6 Å². The Labute approximate surface area is 227 Å². The third kappa shape index (κ3) is 6.44. The summed E-state index contributed by atoms with van der Waals surface area (Å²) in [6.45, 7) is 14.9. The fourth-order valence-corrected chi connectivity index (χ4v) is 11.8. The van der Waals surface area contributed by atoms with Gasteiger partial charge >= 0.3 is 6.36 Å². The molecule has 3 aromatic rings. The maximum absolute atomic E-state index is 13.0. The van der Waals surface area contributed by atoms with E-state index in [0.29, 0.717) is 16.6 Å². The molecule has 14 heteroatoms. The highest BCUT2D eigenvalue weighted by Crippen LogP contribution is 2.45. The second kappa shape index (κ2) is 11.3. The molecule has 2 N–H and O–H groups in total. The van der Waals surface area contributed by atoms with Gasteiger partial charge in [0.2, 0.25) is 24.0 Å². The van der Waals surface area contributed by atoms with Crippen LogP contribution in [-0.4, -0.2) is 38.3 Å². The van der Waals surface area contributed by atoms with Crippen molar-refractivity contribution in [1.82, 2.24) is 15.2 Å². The van der Waals surface area contributed by atoms with Gasteiger partial charge in [0.05, 0.1) is 15.5 Å². The second-order valence-corrected chi connectivity index (χ2v) is 17.5. The topological polar surface area (TPSA) is 130 Å². The Bertz CT molecular complexity index is 1370. The maximum atomic E-state index is 13.0. The normalized spacial score (nSPS) is 13.9. The molecule has 0 aliphatic carbocycles. The summed E-state index contributed by atoms with van der Waals surface area (Å²) < 4.78 is 79.5. The molecule has 0 saturated carbocycles. The number of hydrogen-bond acceptors (Lipinski definition) is 9. The Morgan fingerprint density at radius 2 is 1.49 bits per heavy atom. The summed E-state index contributed by atoms with van der Waals surface area (Å²) in [6, 6.07) is 4.99. The van der Waals surface area contributed by atoms with Crippen molar-refractivity contribution in [3.8, 4) is 17.3 Å². The lowest BCUT2D eigenvalue weighted by molar-refractivity contribution is -0.274. The molecule has 1 aromatic carbocycles. The Morgan fingerprint density at radius 1 is 0.923 bits per heavy atom. The lowest BCUT2D eigenvalue weighted by Gasteiger charge is -2.43. The molecule has 39 heavy (non-hydrogen) atoms. The summed E-state index contributed by atoms with van der Waals surface area (Å²) in [7, 11) is -6.36. The van der Waals surface area contributed by atoms with Crippen LogP contribution in [0.5, 0.6) is 5.75 Å². The van der Waals surface area contributed by atoms with Crippen LogP contribution >= 0.6 is 0 Å². The van der Waals surface area contributed by atoms with Crippen LogP contribution in [0.4, 0.5) is 18.9 Å². The van der Waals surface area contributed by atoms with E-state index in [0.717, 1.165) is 30.5 Å². The number of ether oxygens (including phenoxy) is 1. The van der Waals surface area contributed by atoms with Crippen LogP contribution in [-0.2, 0) is 14.3 Å². The van der Waals surface area contributed by atoms with Crippen molar-refractivity contribution < 1.29 is 35.2 Å². The lowest BCUT2D eigenvalue weighted by atomic mass is 10.3. The number of rotatable bonds is 10. The van der Waals surface area contributed by atoms with Crippen LogP contribution in [0.3, 0.4) is 0 Å². The molecule has 0 fully saturated rings. The summed E-state index contributed by atoms with van der Waals surface area (Å²) in [4.78, 5) is 3.61. The number of nitrogens with zero attached hydrogens (tertiary/aromatic N) is 3. The first-order valence-electron chi connectivity index (χ1n) is 12.4. The predicted molar refractivity (Wildman–Crippen MR) is 141 cm³/mol. The minimum absolute atomic E-state index is 0.00135. The molecule has 0 aliphatic heterocycles. The predicted octanol–water partition coefficient (Wildman–Crippen LogP) is 6.70. The minimum Gasteiger partial charge on any atom is -0.416 e. The third-order valence-electron chi connectivity index (χ3n) is 6.65. The fourth-order valence-electron chi connectivity index (χ4n) is 5.00. The van der Waals surface area contributed by atoms with Crippen molar-refractivity contribution in [2.24, 2.45) is 0 Å². The number of aromatic nitrogens is 3. The van der Waals surface area contributed by atoms with Gasteiger partial charge in [0.1, 0.15) is 11.9 Å². The van der Waals surface area contributed by atoms with Crippen LogP contribution in [0.2, 0.25) is 16.6 Å². The van der Waals surface area contributed by atoms with E-state index >= 15 is 0 Å². The van der Waals surface area contributed by atoms with Crippen LogP contribution in [0.15, 0.2) is 50.7 Å². The lowest BCUT2D eigenvalue weighted by Crippen LogP contribution is -2.48. The number of pyridine rings is 1. The van der Waals surface area contributed by atoms with Gasteiger partial charge in [-0.1, -0.05) is 41.5 Å². The molecule has 0 unspecified atom stereocenters. The van der Waals surface area contributed by atoms with E-state index < -0.39 is 36.4 Å². The summed E-state index contributed by atoms with van der Waals surface area (Å²) in [5.41, 5.74) is 7.21. The quantitative estimate of drug-likeness (QED) is 0.258. The number of hydrogen-bond donors (Lipinski definition) is 1. The Morgan fingerprint density at radius 3 is 1.97 bits per heavy atom. The van der Waals surface area contributed by atoms with Gasteiger partial charge in [-0.2, -0.15) is 0 Å². The highest BCUT2D eigenvalue weighted by molar-refractivity contribution is 7.91. The van der Waals surface area contributed by atoms with Gasteiger partial charge in [-0.05, 0) is 53.9 Å². The van der Waals surface area contributed by atoms with Crippen molar-refractivity contribution in [2.45, 2.75) is 87.3 Å². The first-order valence-corrected chi connectivity index (χ1v) is 16.0. The van der Waals surface area contributed by atoms with Gasteiger partial charge in [-0.25, -0.2) is 13.4 Å². The van der Waals surface area contributed by atoms with Crippen molar-refractivity contribution >= 4 is 23.8 Å². The van der Waals surface area contributed by atoms with Crippen LogP contribution in [0.1, 0.15) is 60.5 Å². The Kier molecular flexibility index (Phi) is 8.82. The summed E-state index contributed by atoms with van der Waals surface area (Å²) in [5, 5.41) is 8.17. The highest BCUT2D eigenvalue weighted by Gasteiger charge is 2.47. The van der Waals surface area contributed by atoms with Gasteiger partial charge in [-0.3, -0.25) is 0 Å². The molecule has 0 spiro atoms. The zero-order chi connectivity index (χ0) is 29.3. The molecular weight excluding hydrogens is 553 g/mol.